The Morgan fingerprint density at radius 1 is 1.25 bits per heavy atom. The quantitative estimate of drug-likeness (QED) is 0.744. The number of hydrogen-bond acceptors (Lipinski definition) is 5. The minimum atomic E-state index is -3.13. The molecule has 0 N–H and O–H groups in total. The summed E-state index contributed by atoms with van der Waals surface area (Å²) in [5.41, 5.74) is 1.44. The first-order valence-electron chi connectivity index (χ1n) is 8.03. The van der Waals surface area contributed by atoms with E-state index in [0.717, 1.165) is 34.1 Å². The van der Waals surface area contributed by atoms with E-state index in [1.54, 1.807) is 0 Å². The number of ether oxygens (including phenoxy) is 1. The first-order chi connectivity index (χ1) is 11.0. The molecular formula is C18H22O4S2. The number of hydrogen-bond donors (Lipinski definition) is 0. The number of carbonyl (C=O) groups excluding carboxylic acids is 1. The van der Waals surface area contributed by atoms with Gasteiger partial charge >= 0.3 is 5.97 Å². The van der Waals surface area contributed by atoms with Crippen molar-refractivity contribution in [3.05, 3.63) is 34.2 Å². The van der Waals surface area contributed by atoms with Crippen LogP contribution in [-0.2, 0) is 21.0 Å². The molecule has 4 nitrogen and oxygen atoms in total. The molecule has 1 unspecified atom stereocenters. The Morgan fingerprint density at radius 3 is 2.58 bits per heavy atom. The van der Waals surface area contributed by atoms with Crippen LogP contribution in [0.1, 0.15) is 59.7 Å². The van der Waals surface area contributed by atoms with Crippen LogP contribution in [0, 0.1) is 0 Å². The summed E-state index contributed by atoms with van der Waals surface area (Å²) in [6, 6.07) is 5.79. The van der Waals surface area contributed by atoms with E-state index in [-0.39, 0.29) is 5.97 Å². The Morgan fingerprint density at radius 2 is 1.96 bits per heavy atom. The molecule has 24 heavy (non-hydrogen) atoms. The van der Waals surface area contributed by atoms with Crippen LogP contribution in [0.2, 0.25) is 0 Å². The van der Waals surface area contributed by atoms with Gasteiger partial charge in [-0.2, -0.15) is 0 Å². The van der Waals surface area contributed by atoms with Gasteiger partial charge in [0.2, 0.25) is 0 Å². The normalized spacial score (nSPS) is 18.4. The molecule has 0 bridgehead atoms. The molecule has 3 rings (SSSR count). The van der Waals surface area contributed by atoms with Crippen molar-refractivity contribution < 1.29 is 17.9 Å². The van der Waals surface area contributed by atoms with Gasteiger partial charge in [-0.15, -0.1) is 11.3 Å². The molecular weight excluding hydrogens is 344 g/mol. The SMILES string of the molecule is CC(C)(C)OC(=O)c1cc2cc3c(cc2s1)CCCC3S(C)(=O)=O. The standard InChI is InChI=1S/C18H22O4S2/c1-18(2,3)22-17(19)15-10-12-8-13-11(9-14(12)23-15)6-5-7-16(13)24(4,20)21/h8-10,16H,5-7H2,1-4H3. The van der Waals surface area contributed by atoms with Gasteiger partial charge in [0.15, 0.2) is 9.84 Å². The van der Waals surface area contributed by atoms with E-state index < -0.39 is 20.7 Å². The fourth-order valence-corrected chi connectivity index (χ4v) is 5.43. The van der Waals surface area contributed by atoms with E-state index in [9.17, 15) is 13.2 Å². The summed E-state index contributed by atoms with van der Waals surface area (Å²) in [4.78, 5) is 12.8. The predicted octanol–water partition coefficient (Wildman–Crippen LogP) is 4.28. The average Bonchev–Trinajstić information content (AvgIpc) is 2.84. The van der Waals surface area contributed by atoms with E-state index in [1.807, 2.05) is 39.0 Å². The second-order valence-electron chi connectivity index (χ2n) is 7.41. The summed E-state index contributed by atoms with van der Waals surface area (Å²) in [5, 5.41) is 0.477. The van der Waals surface area contributed by atoms with Gasteiger partial charge in [-0.1, -0.05) is 0 Å². The Labute approximate surface area is 146 Å². The van der Waals surface area contributed by atoms with Gasteiger partial charge in [-0.05, 0) is 74.7 Å². The summed E-state index contributed by atoms with van der Waals surface area (Å²) in [6.45, 7) is 5.52. The summed E-state index contributed by atoms with van der Waals surface area (Å²) in [5.74, 6) is -0.332. The molecule has 1 aliphatic rings. The zero-order valence-corrected chi connectivity index (χ0v) is 16.0. The lowest BCUT2D eigenvalue weighted by molar-refractivity contribution is 0.00753. The maximum absolute atomic E-state index is 12.3. The van der Waals surface area contributed by atoms with Crippen molar-refractivity contribution in [3.63, 3.8) is 0 Å². The van der Waals surface area contributed by atoms with E-state index in [1.165, 1.54) is 17.6 Å². The fourth-order valence-electron chi connectivity index (χ4n) is 3.17. The summed E-state index contributed by atoms with van der Waals surface area (Å²) >= 11 is 1.40. The molecule has 1 aliphatic carbocycles. The van der Waals surface area contributed by atoms with E-state index in [2.05, 4.69) is 0 Å². The second-order valence-corrected chi connectivity index (χ2v) is 10.7. The average molecular weight is 367 g/mol. The molecule has 0 radical (unpaired) electrons. The molecule has 1 aromatic carbocycles. The monoisotopic (exact) mass is 366 g/mol. The lowest BCUT2D eigenvalue weighted by Gasteiger charge is -2.24. The van der Waals surface area contributed by atoms with Crippen LogP contribution in [0.4, 0.5) is 0 Å². The third-order valence-electron chi connectivity index (χ3n) is 4.15. The first kappa shape index (κ1) is 17.4. The van der Waals surface area contributed by atoms with Crippen LogP contribution in [0.5, 0.6) is 0 Å². The zero-order valence-electron chi connectivity index (χ0n) is 14.4. The predicted molar refractivity (Wildman–Crippen MR) is 97.5 cm³/mol. The molecule has 130 valence electrons. The fraction of sp³-hybridized carbons (Fsp3) is 0.500. The number of sulfone groups is 1. The van der Waals surface area contributed by atoms with Gasteiger partial charge in [0, 0.05) is 11.0 Å². The minimum absolute atomic E-state index is 0.332. The molecule has 1 heterocycles. The molecule has 6 heteroatoms. The highest BCUT2D eigenvalue weighted by Gasteiger charge is 2.29. The number of rotatable bonds is 2. The van der Waals surface area contributed by atoms with E-state index in [4.69, 9.17) is 4.74 Å². The number of benzene rings is 1. The van der Waals surface area contributed by atoms with Crippen LogP contribution < -0.4 is 0 Å². The Balaban J connectivity index is 2.04. The number of esters is 1. The van der Waals surface area contributed by atoms with Crippen LogP contribution >= 0.6 is 11.3 Å². The lowest BCUT2D eigenvalue weighted by Crippen LogP contribution is -2.23. The maximum atomic E-state index is 12.3. The van der Waals surface area contributed by atoms with Crippen LogP contribution in [0.15, 0.2) is 18.2 Å². The molecule has 0 saturated heterocycles. The molecule has 2 aromatic rings. The van der Waals surface area contributed by atoms with Gasteiger partial charge in [-0.3, -0.25) is 0 Å². The van der Waals surface area contributed by atoms with Crippen molar-refractivity contribution in [1.82, 2.24) is 0 Å². The molecule has 0 spiro atoms. The van der Waals surface area contributed by atoms with Gasteiger partial charge in [0.05, 0.1) is 5.25 Å². The molecule has 1 aromatic heterocycles. The number of carbonyl (C=O) groups is 1. The third kappa shape index (κ3) is 3.49. The zero-order chi connectivity index (χ0) is 17.7. The van der Waals surface area contributed by atoms with E-state index >= 15 is 0 Å². The lowest BCUT2D eigenvalue weighted by atomic mass is 9.90. The number of aryl methyl sites for hydroxylation is 1. The number of thiophene rings is 1. The minimum Gasteiger partial charge on any atom is -0.456 e. The Bertz CT molecular complexity index is 901. The van der Waals surface area contributed by atoms with Crippen molar-refractivity contribution in [2.24, 2.45) is 0 Å². The van der Waals surface area contributed by atoms with Crippen LogP contribution in [0.3, 0.4) is 0 Å². The van der Waals surface area contributed by atoms with Crippen molar-refractivity contribution in [1.29, 1.82) is 0 Å². The van der Waals surface area contributed by atoms with Crippen molar-refractivity contribution in [2.75, 3.05) is 6.26 Å². The highest BCUT2D eigenvalue weighted by Crippen LogP contribution is 2.39. The van der Waals surface area contributed by atoms with Gasteiger partial charge < -0.3 is 4.74 Å². The second kappa shape index (κ2) is 5.85. The van der Waals surface area contributed by atoms with Crippen LogP contribution in [0.25, 0.3) is 10.1 Å². The van der Waals surface area contributed by atoms with Crippen molar-refractivity contribution in [2.45, 2.75) is 50.9 Å². The summed E-state index contributed by atoms with van der Waals surface area (Å²) in [7, 11) is -3.13. The molecule has 0 amide bonds. The largest absolute Gasteiger partial charge is 0.456 e. The van der Waals surface area contributed by atoms with Gasteiger partial charge in [0.25, 0.3) is 0 Å². The summed E-state index contributed by atoms with van der Waals surface area (Å²) in [6.07, 6.45) is 3.73. The Hall–Kier alpha value is -1.40. The third-order valence-corrected chi connectivity index (χ3v) is 6.76. The van der Waals surface area contributed by atoms with Crippen molar-refractivity contribution in [3.8, 4) is 0 Å². The first-order valence-corrected chi connectivity index (χ1v) is 10.8. The van der Waals surface area contributed by atoms with E-state index in [0.29, 0.717) is 11.3 Å². The number of fused-ring (bicyclic) bond motifs is 2. The summed E-state index contributed by atoms with van der Waals surface area (Å²) < 4.78 is 30.6. The molecule has 1 atom stereocenters. The highest BCUT2D eigenvalue weighted by molar-refractivity contribution is 7.90. The molecule has 0 fully saturated rings. The molecule has 0 saturated carbocycles. The topological polar surface area (TPSA) is 60.4 Å². The Kier molecular flexibility index (Phi) is 4.24. The molecule has 0 aliphatic heterocycles. The highest BCUT2D eigenvalue weighted by atomic mass is 32.2. The van der Waals surface area contributed by atoms with Crippen molar-refractivity contribution >= 4 is 37.2 Å². The maximum Gasteiger partial charge on any atom is 0.348 e. The van der Waals surface area contributed by atoms with Gasteiger partial charge in [0.1, 0.15) is 10.5 Å². The van der Waals surface area contributed by atoms with Gasteiger partial charge in [-0.25, -0.2) is 13.2 Å². The smallest absolute Gasteiger partial charge is 0.348 e. The van der Waals surface area contributed by atoms with Crippen LogP contribution in [-0.4, -0.2) is 26.2 Å².